The zero-order chi connectivity index (χ0) is 22.2. The Balaban J connectivity index is 1.70. The highest BCUT2D eigenvalue weighted by Gasteiger charge is 2.11. The van der Waals surface area contributed by atoms with Crippen LogP contribution in [0.25, 0.3) is 16.7 Å². The molecule has 1 aromatic heterocycles. The molecular formula is C24H31N5OS. The summed E-state index contributed by atoms with van der Waals surface area (Å²) in [6, 6.07) is 12.3. The fourth-order valence-electron chi connectivity index (χ4n) is 3.37. The van der Waals surface area contributed by atoms with Crippen LogP contribution in [-0.2, 0) is 11.2 Å². The molecular weight excluding hydrogens is 406 g/mol. The maximum atomic E-state index is 12.0. The average molecular weight is 438 g/mol. The minimum atomic E-state index is -0.0574. The zero-order valence-corrected chi connectivity index (χ0v) is 19.4. The molecule has 0 aliphatic heterocycles. The minimum Gasteiger partial charge on any atom is -0.332 e. The first-order chi connectivity index (χ1) is 15.0. The van der Waals surface area contributed by atoms with Gasteiger partial charge in [0.25, 0.3) is 0 Å². The topological polar surface area (TPSA) is 71.8 Å². The highest BCUT2D eigenvalue weighted by Crippen LogP contribution is 2.22. The summed E-state index contributed by atoms with van der Waals surface area (Å²) in [5.41, 5.74) is 5.63. The van der Waals surface area contributed by atoms with Crippen molar-refractivity contribution < 1.29 is 4.79 Å². The number of carbonyl (C=O) groups excluding carboxylic acids is 1. The van der Waals surface area contributed by atoms with Crippen LogP contribution in [0.5, 0.6) is 0 Å². The minimum absolute atomic E-state index is 0.0574. The van der Waals surface area contributed by atoms with Crippen molar-refractivity contribution in [2.24, 2.45) is 0 Å². The average Bonchev–Trinajstić information content (AvgIpc) is 3.15. The molecule has 0 aliphatic carbocycles. The fraction of sp³-hybridized carbons (Fsp3) is 0.417. The molecule has 0 atom stereocenters. The number of rotatable bonds is 9. The van der Waals surface area contributed by atoms with Gasteiger partial charge in [-0.3, -0.25) is 4.79 Å². The number of thiocarbonyl (C=S) groups is 1. The smallest absolute Gasteiger partial charge is 0.226 e. The van der Waals surface area contributed by atoms with Crippen LogP contribution in [-0.4, -0.2) is 26.0 Å². The predicted octanol–water partition coefficient (Wildman–Crippen LogP) is 5.46. The van der Waals surface area contributed by atoms with Crippen molar-refractivity contribution in [1.82, 2.24) is 20.3 Å². The third-order valence-electron chi connectivity index (χ3n) is 5.22. The Kier molecular flexibility index (Phi) is 8.12. The van der Waals surface area contributed by atoms with Gasteiger partial charge in [-0.1, -0.05) is 45.2 Å². The quantitative estimate of drug-likeness (QED) is 0.343. The van der Waals surface area contributed by atoms with E-state index in [2.05, 4.69) is 58.9 Å². The Morgan fingerprint density at radius 1 is 1.00 bits per heavy atom. The summed E-state index contributed by atoms with van der Waals surface area (Å²) in [4.78, 5) is 13.7. The van der Waals surface area contributed by atoms with Gasteiger partial charge in [-0.05, 0) is 73.8 Å². The molecule has 2 aromatic carbocycles. The number of anilines is 1. The molecule has 1 heterocycles. The van der Waals surface area contributed by atoms with Gasteiger partial charge in [0, 0.05) is 12.1 Å². The number of fused-ring (bicyclic) bond motifs is 1. The lowest BCUT2D eigenvalue weighted by Gasteiger charge is -2.11. The summed E-state index contributed by atoms with van der Waals surface area (Å²) in [5, 5.41) is 15.4. The SMILES string of the molecule is CCCCCC(=O)NC(=S)Nc1cc2nn(-c3ccc(CCCC)cc3)nc2cc1C. The van der Waals surface area contributed by atoms with E-state index in [0.717, 1.165) is 53.7 Å². The number of amides is 1. The second kappa shape index (κ2) is 11.0. The van der Waals surface area contributed by atoms with Crippen LogP contribution in [0.1, 0.15) is 63.5 Å². The van der Waals surface area contributed by atoms with E-state index >= 15 is 0 Å². The van der Waals surface area contributed by atoms with Crippen LogP contribution in [0.4, 0.5) is 5.69 Å². The Morgan fingerprint density at radius 2 is 1.68 bits per heavy atom. The lowest BCUT2D eigenvalue weighted by molar-refractivity contribution is -0.119. The number of unbranched alkanes of at least 4 members (excludes halogenated alkanes) is 3. The first kappa shape index (κ1) is 22.9. The second-order valence-electron chi connectivity index (χ2n) is 7.87. The number of carbonyl (C=O) groups is 1. The Labute approximate surface area is 189 Å². The molecule has 7 heteroatoms. The second-order valence-corrected chi connectivity index (χ2v) is 8.28. The summed E-state index contributed by atoms with van der Waals surface area (Å²) in [5.74, 6) is -0.0574. The van der Waals surface area contributed by atoms with Crippen LogP contribution in [0.2, 0.25) is 0 Å². The van der Waals surface area contributed by atoms with Gasteiger partial charge in [0.2, 0.25) is 5.91 Å². The van der Waals surface area contributed by atoms with Crippen molar-refractivity contribution in [1.29, 1.82) is 0 Å². The first-order valence-electron chi connectivity index (χ1n) is 11.1. The van der Waals surface area contributed by atoms with Crippen LogP contribution in [0.3, 0.4) is 0 Å². The van der Waals surface area contributed by atoms with Crippen LogP contribution in [0.15, 0.2) is 36.4 Å². The number of benzene rings is 2. The molecule has 164 valence electrons. The van der Waals surface area contributed by atoms with E-state index in [1.165, 1.54) is 18.4 Å². The Hall–Kier alpha value is -2.80. The molecule has 6 nitrogen and oxygen atoms in total. The van der Waals surface area contributed by atoms with Gasteiger partial charge in [-0.2, -0.15) is 4.80 Å². The largest absolute Gasteiger partial charge is 0.332 e. The lowest BCUT2D eigenvalue weighted by Crippen LogP contribution is -2.34. The van der Waals surface area contributed by atoms with Gasteiger partial charge in [-0.15, -0.1) is 10.2 Å². The fourth-order valence-corrected chi connectivity index (χ4v) is 3.60. The third kappa shape index (κ3) is 6.34. The molecule has 3 aromatic rings. The number of hydrogen-bond acceptors (Lipinski definition) is 4. The monoisotopic (exact) mass is 437 g/mol. The van der Waals surface area contributed by atoms with Gasteiger partial charge < -0.3 is 10.6 Å². The van der Waals surface area contributed by atoms with E-state index in [9.17, 15) is 4.79 Å². The standard InChI is InChI=1S/C24H31N5OS/c1-4-6-8-10-23(30)26-24(31)25-20-16-22-21(15-17(20)3)27-29(28-22)19-13-11-18(12-14-19)9-7-5-2/h11-16H,4-10H2,1-3H3,(H2,25,26,30,31). The van der Waals surface area contributed by atoms with E-state index in [-0.39, 0.29) is 5.91 Å². The highest BCUT2D eigenvalue weighted by molar-refractivity contribution is 7.80. The summed E-state index contributed by atoms with van der Waals surface area (Å²) in [7, 11) is 0. The van der Waals surface area contributed by atoms with Crippen molar-refractivity contribution in [2.75, 3.05) is 5.32 Å². The maximum Gasteiger partial charge on any atom is 0.226 e. The Bertz CT molecular complexity index is 1040. The molecule has 0 aliphatic rings. The summed E-state index contributed by atoms with van der Waals surface area (Å²) < 4.78 is 0. The normalized spacial score (nSPS) is 10.9. The number of aromatic nitrogens is 3. The molecule has 3 rings (SSSR count). The highest BCUT2D eigenvalue weighted by atomic mass is 32.1. The number of nitrogens with one attached hydrogen (secondary N) is 2. The van der Waals surface area contributed by atoms with Gasteiger partial charge in [0.1, 0.15) is 11.0 Å². The summed E-state index contributed by atoms with van der Waals surface area (Å²) in [6.07, 6.45) is 6.96. The van der Waals surface area contributed by atoms with E-state index in [0.29, 0.717) is 11.5 Å². The van der Waals surface area contributed by atoms with Crippen molar-refractivity contribution in [3.8, 4) is 5.69 Å². The number of hydrogen-bond donors (Lipinski definition) is 2. The van der Waals surface area contributed by atoms with Crippen LogP contribution >= 0.6 is 12.2 Å². The van der Waals surface area contributed by atoms with Crippen molar-refractivity contribution >= 4 is 40.0 Å². The van der Waals surface area contributed by atoms with E-state index < -0.39 is 0 Å². The van der Waals surface area contributed by atoms with E-state index in [1.807, 2.05) is 19.1 Å². The van der Waals surface area contributed by atoms with E-state index in [4.69, 9.17) is 12.2 Å². The molecule has 0 saturated carbocycles. The molecule has 0 unspecified atom stereocenters. The van der Waals surface area contributed by atoms with Gasteiger partial charge in [0.05, 0.1) is 5.69 Å². The summed E-state index contributed by atoms with van der Waals surface area (Å²) in [6.45, 7) is 6.30. The first-order valence-corrected chi connectivity index (χ1v) is 11.5. The summed E-state index contributed by atoms with van der Waals surface area (Å²) >= 11 is 5.31. The van der Waals surface area contributed by atoms with Crippen molar-refractivity contribution in [2.45, 2.75) is 65.7 Å². The number of nitrogens with zero attached hydrogens (tertiary/aromatic N) is 3. The van der Waals surface area contributed by atoms with Crippen molar-refractivity contribution in [3.05, 3.63) is 47.5 Å². The Morgan fingerprint density at radius 3 is 2.35 bits per heavy atom. The lowest BCUT2D eigenvalue weighted by atomic mass is 10.1. The number of aryl methyl sites for hydroxylation is 2. The molecule has 0 spiro atoms. The zero-order valence-electron chi connectivity index (χ0n) is 18.6. The molecule has 0 bridgehead atoms. The molecule has 0 radical (unpaired) electrons. The molecule has 2 N–H and O–H groups in total. The molecule has 31 heavy (non-hydrogen) atoms. The van der Waals surface area contributed by atoms with Crippen LogP contribution in [0, 0.1) is 6.92 Å². The van der Waals surface area contributed by atoms with E-state index in [1.54, 1.807) is 4.80 Å². The molecule has 0 fully saturated rings. The molecule has 0 saturated heterocycles. The van der Waals surface area contributed by atoms with Gasteiger partial charge >= 0.3 is 0 Å². The van der Waals surface area contributed by atoms with Crippen molar-refractivity contribution in [3.63, 3.8) is 0 Å². The maximum absolute atomic E-state index is 12.0. The van der Waals surface area contributed by atoms with Gasteiger partial charge in [-0.25, -0.2) is 0 Å². The molecule has 1 amide bonds. The predicted molar refractivity (Wildman–Crippen MR) is 131 cm³/mol. The van der Waals surface area contributed by atoms with Gasteiger partial charge in [0.15, 0.2) is 5.11 Å². The van der Waals surface area contributed by atoms with Crippen LogP contribution < -0.4 is 10.6 Å². The third-order valence-corrected chi connectivity index (χ3v) is 5.43.